The number of likely N-dealkylation sites (N-methyl/N-ethyl adjacent to an activating group) is 1. The largest absolute Gasteiger partial charge is 0.507 e. The highest BCUT2D eigenvalue weighted by atomic mass is 16.5. The summed E-state index contributed by atoms with van der Waals surface area (Å²) in [5.41, 5.74) is 0.524. The van der Waals surface area contributed by atoms with Gasteiger partial charge in [0.25, 0.3) is 0 Å². The maximum Gasteiger partial charge on any atom is 0.198 e. The molecular formula is C29H25NO5. The second kappa shape index (κ2) is 8.13. The minimum atomic E-state index is -1.18. The van der Waals surface area contributed by atoms with Crippen LogP contribution in [0.25, 0.3) is 0 Å². The summed E-state index contributed by atoms with van der Waals surface area (Å²) in [5, 5.41) is 22.5. The SMILES string of the molecule is CO[C@]1(C(C)C)C2c3cc(O)c4c(c3N(C)C1C#C/C=C\C#C[C@H]2O)C(=O)c1ccccc1C4=O. The third-order valence-electron chi connectivity index (χ3n) is 7.44. The zero-order valence-corrected chi connectivity index (χ0v) is 19.9. The lowest BCUT2D eigenvalue weighted by Crippen LogP contribution is -2.64. The van der Waals surface area contributed by atoms with Crippen molar-refractivity contribution in [2.75, 3.05) is 19.1 Å². The highest BCUT2D eigenvalue weighted by molar-refractivity contribution is 6.31. The Balaban J connectivity index is 1.91. The molecule has 2 unspecified atom stereocenters. The number of allylic oxidation sites excluding steroid dienone is 2. The minimum absolute atomic E-state index is 0.0354. The van der Waals surface area contributed by atoms with Crippen LogP contribution in [-0.2, 0) is 4.74 Å². The summed E-state index contributed by atoms with van der Waals surface area (Å²) in [5.74, 6) is 9.97. The van der Waals surface area contributed by atoms with Gasteiger partial charge in [-0.1, -0.05) is 61.8 Å². The lowest BCUT2D eigenvalue weighted by molar-refractivity contribution is -0.0999. The van der Waals surface area contributed by atoms with Crippen LogP contribution in [0.1, 0.15) is 57.2 Å². The Morgan fingerprint density at radius 3 is 2.23 bits per heavy atom. The van der Waals surface area contributed by atoms with Gasteiger partial charge in [0.2, 0.25) is 0 Å². The molecular weight excluding hydrogens is 442 g/mol. The highest BCUT2D eigenvalue weighted by Crippen LogP contribution is 2.54. The molecule has 6 nitrogen and oxygen atoms in total. The lowest BCUT2D eigenvalue weighted by atomic mass is 9.63. The van der Waals surface area contributed by atoms with Gasteiger partial charge >= 0.3 is 0 Å². The monoisotopic (exact) mass is 467 g/mol. The zero-order valence-electron chi connectivity index (χ0n) is 19.9. The number of ketones is 2. The van der Waals surface area contributed by atoms with Gasteiger partial charge in [-0.15, -0.1) is 0 Å². The summed E-state index contributed by atoms with van der Waals surface area (Å²) in [6.45, 7) is 3.96. The summed E-state index contributed by atoms with van der Waals surface area (Å²) in [7, 11) is 3.37. The van der Waals surface area contributed by atoms with Crippen LogP contribution in [0.2, 0.25) is 0 Å². The average molecular weight is 468 g/mol. The van der Waals surface area contributed by atoms with E-state index in [-0.39, 0.29) is 39.7 Å². The van der Waals surface area contributed by atoms with Gasteiger partial charge in [-0.05, 0) is 29.7 Å². The molecule has 4 atom stereocenters. The number of benzene rings is 2. The standard InChI is InChI=1S/C29H25NO5/c1-16(2)29(35-4)22-14-8-6-5-7-13-20(31)25(29)19-15-21(32)23-24(26(19)30(22)3)28(34)18-12-10-9-11-17(18)27(23)33/h5-6,9-12,15-16,20,22,25,31-32H,1-4H3/b6-5-/t20-,22?,25?,29+/m1/s1. The van der Waals surface area contributed by atoms with E-state index in [0.717, 1.165) is 0 Å². The predicted octanol–water partition coefficient (Wildman–Crippen LogP) is 3.05. The van der Waals surface area contributed by atoms with Crippen LogP contribution in [0.5, 0.6) is 5.75 Å². The number of anilines is 1. The molecule has 2 bridgehead atoms. The molecule has 0 fully saturated rings. The Kier molecular flexibility index (Phi) is 5.33. The first-order chi connectivity index (χ1) is 16.8. The Labute approximate surface area is 204 Å². The average Bonchev–Trinajstić information content (AvgIpc) is 2.84. The second-order valence-corrected chi connectivity index (χ2v) is 9.35. The molecule has 2 N–H and O–H groups in total. The third-order valence-corrected chi connectivity index (χ3v) is 7.44. The second-order valence-electron chi connectivity index (χ2n) is 9.35. The molecule has 176 valence electrons. The van der Waals surface area contributed by atoms with Gasteiger partial charge in [0.1, 0.15) is 23.5 Å². The molecule has 0 radical (unpaired) electrons. The first kappa shape index (κ1) is 22.9. The van der Waals surface area contributed by atoms with Gasteiger partial charge in [-0.3, -0.25) is 9.59 Å². The van der Waals surface area contributed by atoms with Crippen molar-refractivity contribution in [3.8, 4) is 29.4 Å². The Hall–Kier alpha value is -3.84. The molecule has 6 heteroatoms. The summed E-state index contributed by atoms with van der Waals surface area (Å²) in [4.78, 5) is 29.1. The number of aliphatic hydroxyl groups excluding tert-OH is 1. The molecule has 2 aromatic rings. The van der Waals surface area contributed by atoms with Crippen molar-refractivity contribution in [2.45, 2.75) is 37.5 Å². The Morgan fingerprint density at radius 2 is 1.63 bits per heavy atom. The molecule has 0 saturated heterocycles. The molecule has 0 spiro atoms. The molecule has 0 aromatic heterocycles. The van der Waals surface area contributed by atoms with Gasteiger partial charge in [-0.25, -0.2) is 0 Å². The maximum atomic E-state index is 13.8. The van der Waals surface area contributed by atoms with E-state index in [4.69, 9.17) is 4.74 Å². The van der Waals surface area contributed by atoms with Crippen molar-refractivity contribution >= 4 is 17.3 Å². The summed E-state index contributed by atoms with van der Waals surface area (Å²) in [6, 6.07) is 7.49. The number of rotatable bonds is 2. The van der Waals surface area contributed by atoms with Crippen LogP contribution in [0.4, 0.5) is 5.69 Å². The normalized spacial score (nSPS) is 27.0. The number of phenols is 1. The number of aromatic hydroxyl groups is 1. The Bertz CT molecular complexity index is 1430. The number of fused-ring (bicyclic) bond motifs is 7. The highest BCUT2D eigenvalue weighted by Gasteiger charge is 2.58. The summed E-state index contributed by atoms with van der Waals surface area (Å²) < 4.78 is 6.20. The molecule has 35 heavy (non-hydrogen) atoms. The van der Waals surface area contributed by atoms with E-state index in [1.54, 1.807) is 50.6 Å². The number of carbonyl (C=O) groups is 2. The summed E-state index contributed by atoms with van der Waals surface area (Å²) in [6.07, 6.45) is 2.00. The number of nitrogens with zero attached hydrogens (tertiary/aromatic N) is 1. The topological polar surface area (TPSA) is 87.1 Å². The van der Waals surface area contributed by atoms with E-state index < -0.39 is 29.4 Å². The Morgan fingerprint density at radius 1 is 1.03 bits per heavy atom. The van der Waals surface area contributed by atoms with E-state index in [0.29, 0.717) is 11.3 Å². The van der Waals surface area contributed by atoms with Crippen molar-refractivity contribution in [1.82, 2.24) is 0 Å². The van der Waals surface area contributed by atoms with Gasteiger partial charge in [0.05, 0.1) is 22.7 Å². The van der Waals surface area contributed by atoms with Crippen LogP contribution in [0.15, 0.2) is 42.5 Å². The number of methoxy groups -OCH3 is 1. The van der Waals surface area contributed by atoms with Crippen molar-refractivity contribution in [2.24, 2.45) is 5.92 Å². The maximum absolute atomic E-state index is 13.8. The van der Waals surface area contributed by atoms with Gasteiger partial charge in [-0.2, -0.15) is 0 Å². The number of hydrogen-bond acceptors (Lipinski definition) is 6. The van der Waals surface area contributed by atoms with Crippen molar-refractivity contribution in [3.63, 3.8) is 0 Å². The molecule has 0 saturated carbocycles. The first-order valence-corrected chi connectivity index (χ1v) is 11.5. The van der Waals surface area contributed by atoms with Crippen molar-refractivity contribution < 1.29 is 24.5 Å². The summed E-state index contributed by atoms with van der Waals surface area (Å²) >= 11 is 0. The molecule has 2 aliphatic carbocycles. The fourth-order valence-electron chi connectivity index (χ4n) is 5.94. The van der Waals surface area contributed by atoms with E-state index in [1.807, 2.05) is 18.7 Å². The number of phenolic OH excluding ortho intramolecular Hbond substituents is 1. The van der Waals surface area contributed by atoms with Crippen LogP contribution in [0, 0.1) is 29.6 Å². The molecule has 1 aliphatic heterocycles. The fraction of sp³-hybridized carbons (Fsp3) is 0.310. The van der Waals surface area contributed by atoms with E-state index in [1.165, 1.54) is 6.07 Å². The van der Waals surface area contributed by atoms with Gasteiger partial charge < -0.3 is 19.8 Å². The van der Waals surface area contributed by atoms with Crippen LogP contribution >= 0.6 is 0 Å². The lowest BCUT2D eigenvalue weighted by Gasteiger charge is -2.55. The van der Waals surface area contributed by atoms with Crippen LogP contribution in [-0.4, -0.2) is 53.7 Å². The van der Waals surface area contributed by atoms with Gasteiger partial charge in [0, 0.05) is 25.3 Å². The van der Waals surface area contributed by atoms with Crippen molar-refractivity contribution in [3.05, 3.63) is 70.3 Å². The number of hydrogen-bond donors (Lipinski definition) is 2. The number of aliphatic hydroxyl groups is 1. The zero-order chi connectivity index (χ0) is 25.1. The molecule has 2 aromatic carbocycles. The van der Waals surface area contributed by atoms with Crippen LogP contribution in [0.3, 0.4) is 0 Å². The molecule has 5 rings (SSSR count). The van der Waals surface area contributed by atoms with E-state index in [9.17, 15) is 19.8 Å². The van der Waals surface area contributed by atoms with E-state index in [2.05, 4.69) is 23.7 Å². The first-order valence-electron chi connectivity index (χ1n) is 11.5. The minimum Gasteiger partial charge on any atom is -0.507 e. The molecule has 3 aliphatic rings. The smallest absolute Gasteiger partial charge is 0.198 e. The van der Waals surface area contributed by atoms with Crippen LogP contribution < -0.4 is 4.90 Å². The third kappa shape index (κ3) is 3.01. The fourth-order valence-corrected chi connectivity index (χ4v) is 5.94. The number of ether oxygens (including phenoxy) is 1. The molecule has 1 heterocycles. The van der Waals surface area contributed by atoms with Crippen molar-refractivity contribution in [1.29, 1.82) is 0 Å². The predicted molar refractivity (Wildman–Crippen MR) is 132 cm³/mol. The number of carbonyl (C=O) groups excluding carboxylic acids is 2. The van der Waals surface area contributed by atoms with Gasteiger partial charge in [0.15, 0.2) is 11.6 Å². The molecule has 0 amide bonds. The quantitative estimate of drug-likeness (QED) is 0.564. The van der Waals surface area contributed by atoms with E-state index >= 15 is 0 Å².